The number of benzene rings is 1. The fourth-order valence-corrected chi connectivity index (χ4v) is 5.42. The molecule has 2 aliphatic rings. The molecule has 0 N–H and O–H groups in total. The Hall–Kier alpha value is -0.820. The Morgan fingerprint density at radius 1 is 1.09 bits per heavy atom. The van der Waals surface area contributed by atoms with E-state index in [4.69, 9.17) is 4.74 Å². The Bertz CT molecular complexity index is 489. The van der Waals surface area contributed by atoms with Crippen LogP contribution in [-0.4, -0.2) is 6.61 Å². The van der Waals surface area contributed by atoms with Crippen molar-refractivity contribution in [2.45, 2.75) is 83.7 Å². The lowest BCUT2D eigenvalue weighted by molar-refractivity contribution is -0.0113. The molecule has 1 aromatic rings. The first-order valence-corrected chi connectivity index (χ1v) is 9.99. The first-order chi connectivity index (χ1) is 11.3. The van der Waals surface area contributed by atoms with Gasteiger partial charge in [0.25, 0.3) is 0 Å². The average Bonchev–Trinajstić information content (AvgIpc) is 3.13. The summed E-state index contributed by atoms with van der Waals surface area (Å²) >= 11 is 0. The van der Waals surface area contributed by atoms with Crippen LogP contribution in [0, 0.1) is 11.8 Å². The maximum Gasteiger partial charge on any atom is 0.0720 e. The minimum Gasteiger partial charge on any atom is -0.376 e. The second kappa shape index (κ2) is 7.83. The summed E-state index contributed by atoms with van der Waals surface area (Å²) in [6.07, 6.45) is 12.3. The third-order valence-electron chi connectivity index (χ3n) is 6.47. The van der Waals surface area contributed by atoms with Crippen molar-refractivity contribution >= 4 is 0 Å². The van der Waals surface area contributed by atoms with Gasteiger partial charge in [-0.1, -0.05) is 70.2 Å². The van der Waals surface area contributed by atoms with Crippen molar-refractivity contribution in [1.82, 2.24) is 0 Å². The summed E-state index contributed by atoms with van der Waals surface area (Å²) in [5.41, 5.74) is 3.40. The predicted molar refractivity (Wildman–Crippen MR) is 97.7 cm³/mol. The molecular weight excluding hydrogens is 280 g/mol. The molecule has 1 aromatic carbocycles. The van der Waals surface area contributed by atoms with Crippen LogP contribution < -0.4 is 0 Å². The summed E-state index contributed by atoms with van der Waals surface area (Å²) in [5, 5.41) is 0. The SMILES string of the molecule is CCCCC(CCC)C1(C2CCCC2)COCc2ccccc21. The molecule has 3 rings (SSSR count). The van der Waals surface area contributed by atoms with Crippen molar-refractivity contribution in [2.75, 3.05) is 6.61 Å². The maximum absolute atomic E-state index is 6.23. The van der Waals surface area contributed by atoms with Crippen LogP contribution in [0.5, 0.6) is 0 Å². The van der Waals surface area contributed by atoms with Gasteiger partial charge in [-0.25, -0.2) is 0 Å². The lowest BCUT2D eigenvalue weighted by Gasteiger charge is -2.49. The number of hydrogen-bond acceptors (Lipinski definition) is 1. The molecule has 0 saturated heterocycles. The Morgan fingerprint density at radius 2 is 1.87 bits per heavy atom. The molecule has 0 bridgehead atoms. The molecule has 1 aliphatic carbocycles. The fourth-order valence-electron chi connectivity index (χ4n) is 5.42. The van der Waals surface area contributed by atoms with E-state index in [1.165, 1.54) is 63.4 Å². The lowest BCUT2D eigenvalue weighted by Crippen LogP contribution is -2.48. The number of hydrogen-bond donors (Lipinski definition) is 0. The fraction of sp³-hybridized carbons (Fsp3) is 0.727. The van der Waals surface area contributed by atoms with E-state index in [0.29, 0.717) is 0 Å². The highest BCUT2D eigenvalue weighted by Crippen LogP contribution is 2.52. The van der Waals surface area contributed by atoms with Crippen LogP contribution in [0.2, 0.25) is 0 Å². The quantitative estimate of drug-likeness (QED) is 0.578. The molecule has 1 heteroatoms. The van der Waals surface area contributed by atoms with Crippen LogP contribution in [-0.2, 0) is 16.8 Å². The zero-order valence-electron chi connectivity index (χ0n) is 15.2. The van der Waals surface area contributed by atoms with Gasteiger partial charge >= 0.3 is 0 Å². The van der Waals surface area contributed by atoms with Crippen LogP contribution in [0.25, 0.3) is 0 Å². The summed E-state index contributed by atoms with van der Waals surface area (Å²) in [4.78, 5) is 0. The second-order valence-corrected chi connectivity index (χ2v) is 7.80. The highest BCUT2D eigenvalue weighted by atomic mass is 16.5. The van der Waals surface area contributed by atoms with E-state index >= 15 is 0 Å². The molecule has 0 aromatic heterocycles. The first-order valence-electron chi connectivity index (χ1n) is 9.99. The molecule has 1 saturated carbocycles. The Kier molecular flexibility index (Phi) is 5.80. The molecule has 1 heterocycles. The van der Waals surface area contributed by atoms with Crippen molar-refractivity contribution in [1.29, 1.82) is 0 Å². The van der Waals surface area contributed by atoms with Gasteiger partial charge in [0.2, 0.25) is 0 Å². The molecule has 2 unspecified atom stereocenters. The molecular formula is C22H34O. The predicted octanol–water partition coefficient (Wildman–Crippen LogP) is 6.25. The molecule has 0 amide bonds. The zero-order chi connectivity index (χ0) is 16.1. The molecule has 23 heavy (non-hydrogen) atoms. The van der Waals surface area contributed by atoms with Crippen molar-refractivity contribution < 1.29 is 4.74 Å². The Labute approximate surface area is 142 Å². The normalized spacial score (nSPS) is 26.2. The third-order valence-corrected chi connectivity index (χ3v) is 6.47. The summed E-state index contributed by atoms with van der Waals surface area (Å²) in [6, 6.07) is 9.19. The van der Waals surface area contributed by atoms with E-state index in [-0.39, 0.29) is 5.41 Å². The first kappa shape index (κ1) is 17.0. The van der Waals surface area contributed by atoms with Crippen LogP contribution in [0.15, 0.2) is 24.3 Å². The van der Waals surface area contributed by atoms with Crippen LogP contribution in [0.3, 0.4) is 0 Å². The minimum absolute atomic E-state index is 0.288. The van der Waals surface area contributed by atoms with Gasteiger partial charge in [0.1, 0.15) is 0 Å². The number of fused-ring (bicyclic) bond motifs is 1. The largest absolute Gasteiger partial charge is 0.376 e. The minimum atomic E-state index is 0.288. The molecule has 1 nitrogen and oxygen atoms in total. The van der Waals surface area contributed by atoms with Gasteiger partial charge < -0.3 is 4.74 Å². The summed E-state index contributed by atoms with van der Waals surface area (Å²) < 4.78 is 6.23. The van der Waals surface area contributed by atoms with Gasteiger partial charge in [0.15, 0.2) is 0 Å². The van der Waals surface area contributed by atoms with Gasteiger partial charge in [0, 0.05) is 5.41 Å². The van der Waals surface area contributed by atoms with E-state index in [2.05, 4.69) is 38.1 Å². The van der Waals surface area contributed by atoms with E-state index in [1.807, 2.05) is 0 Å². The van der Waals surface area contributed by atoms with E-state index < -0.39 is 0 Å². The van der Waals surface area contributed by atoms with Crippen LogP contribution in [0.1, 0.15) is 82.8 Å². The van der Waals surface area contributed by atoms with Gasteiger partial charge in [-0.2, -0.15) is 0 Å². The number of rotatable bonds is 7. The average molecular weight is 315 g/mol. The van der Waals surface area contributed by atoms with Crippen LogP contribution >= 0.6 is 0 Å². The van der Waals surface area contributed by atoms with Gasteiger partial charge in [-0.3, -0.25) is 0 Å². The smallest absolute Gasteiger partial charge is 0.0720 e. The van der Waals surface area contributed by atoms with Crippen molar-refractivity contribution in [3.8, 4) is 0 Å². The van der Waals surface area contributed by atoms with Gasteiger partial charge in [0.05, 0.1) is 13.2 Å². The highest BCUT2D eigenvalue weighted by Gasteiger charge is 2.49. The maximum atomic E-state index is 6.23. The lowest BCUT2D eigenvalue weighted by atomic mass is 9.58. The second-order valence-electron chi connectivity index (χ2n) is 7.80. The number of ether oxygens (including phenoxy) is 1. The van der Waals surface area contributed by atoms with E-state index in [0.717, 1.165) is 25.0 Å². The number of unbranched alkanes of at least 4 members (excludes halogenated alkanes) is 1. The van der Waals surface area contributed by atoms with Crippen LogP contribution in [0.4, 0.5) is 0 Å². The van der Waals surface area contributed by atoms with Gasteiger partial charge in [-0.05, 0) is 48.6 Å². The van der Waals surface area contributed by atoms with E-state index in [9.17, 15) is 0 Å². The van der Waals surface area contributed by atoms with E-state index in [1.54, 1.807) is 5.56 Å². The molecule has 0 spiro atoms. The highest BCUT2D eigenvalue weighted by molar-refractivity contribution is 5.38. The Balaban J connectivity index is 2.03. The molecule has 1 aliphatic heterocycles. The summed E-state index contributed by atoms with van der Waals surface area (Å²) in [5.74, 6) is 1.62. The molecule has 1 fully saturated rings. The van der Waals surface area contributed by atoms with Crippen molar-refractivity contribution in [3.63, 3.8) is 0 Å². The molecule has 0 radical (unpaired) electrons. The van der Waals surface area contributed by atoms with Crippen molar-refractivity contribution in [2.24, 2.45) is 11.8 Å². The van der Waals surface area contributed by atoms with Gasteiger partial charge in [-0.15, -0.1) is 0 Å². The van der Waals surface area contributed by atoms with Crippen molar-refractivity contribution in [3.05, 3.63) is 35.4 Å². The Morgan fingerprint density at radius 3 is 2.61 bits per heavy atom. The third kappa shape index (κ3) is 3.22. The topological polar surface area (TPSA) is 9.23 Å². The summed E-state index contributed by atoms with van der Waals surface area (Å²) in [7, 11) is 0. The molecule has 128 valence electrons. The standard InChI is InChI=1S/C22H34O/c1-3-5-12-19(10-4-2)22(20-13-7-8-14-20)17-23-16-18-11-6-9-15-21(18)22/h6,9,11,15,19-20H,3-5,7-8,10,12-14,16-17H2,1-2H3. The zero-order valence-corrected chi connectivity index (χ0v) is 15.2. The molecule has 2 atom stereocenters. The summed E-state index contributed by atoms with van der Waals surface area (Å²) in [6.45, 7) is 6.47. The monoisotopic (exact) mass is 314 g/mol.